The molecular weight excluding hydrogens is 436 g/mol. The summed E-state index contributed by atoms with van der Waals surface area (Å²) >= 11 is 3.13. The van der Waals surface area contributed by atoms with Crippen LogP contribution in [0.2, 0.25) is 0 Å². The molecule has 2 aromatic rings. The van der Waals surface area contributed by atoms with Crippen molar-refractivity contribution in [3.63, 3.8) is 0 Å². The van der Waals surface area contributed by atoms with Crippen molar-refractivity contribution in [2.24, 2.45) is 5.92 Å². The van der Waals surface area contributed by atoms with Crippen molar-refractivity contribution in [1.82, 2.24) is 14.6 Å². The molecule has 2 heterocycles. The Balaban J connectivity index is 1.12. The maximum atomic E-state index is 12.1. The third-order valence-corrected chi connectivity index (χ3v) is 8.22. The zero-order chi connectivity index (χ0) is 22.2. The molecule has 172 valence electrons. The molecule has 1 saturated heterocycles. The number of amides is 1. The van der Waals surface area contributed by atoms with E-state index in [1.807, 2.05) is 11.5 Å². The van der Waals surface area contributed by atoms with Gasteiger partial charge in [-0.15, -0.1) is 11.8 Å². The Morgan fingerprint density at radius 2 is 1.97 bits per heavy atom. The summed E-state index contributed by atoms with van der Waals surface area (Å²) in [7, 11) is 0. The first-order valence-electron chi connectivity index (χ1n) is 11.7. The summed E-state index contributed by atoms with van der Waals surface area (Å²) in [6, 6.07) is 8.91. The van der Waals surface area contributed by atoms with Crippen LogP contribution in [0.15, 0.2) is 48.4 Å². The Kier molecular flexibility index (Phi) is 8.65. The molecule has 1 aliphatic carbocycles. The number of anilines is 1. The Bertz CT molecular complexity index is 912. The van der Waals surface area contributed by atoms with Crippen LogP contribution < -0.4 is 10.2 Å². The fraction of sp³-hybridized carbons (Fsp3) is 0.520. The molecule has 1 amide bonds. The highest BCUT2D eigenvalue weighted by Gasteiger charge is 2.24. The number of rotatable bonds is 9. The first-order chi connectivity index (χ1) is 15.7. The summed E-state index contributed by atoms with van der Waals surface area (Å²) in [6.07, 6.45) is 9.59. The Labute approximate surface area is 200 Å². The predicted octanol–water partition coefficient (Wildman–Crippen LogP) is 4.92. The van der Waals surface area contributed by atoms with Crippen LogP contribution in [-0.4, -0.2) is 59.7 Å². The van der Waals surface area contributed by atoms with Gasteiger partial charge in [-0.25, -0.2) is 0 Å². The molecule has 1 saturated carbocycles. The molecular formula is C25H34N4OS2. The number of carbonyl (C=O) groups excluding carboxylic acids is 1. The standard InChI is InChI=1S/C25H34N4OS2/c1-2-3-18-31-19-24(30)26-21-10-8-20(9-11-21)12-13-28-14-16-29(17-15-28)25-22-6-4-5-7-23(22)32-27-25/h2-7,18,20-21H,1,8-17,19H2,(H,26,30)/b18-3-/t20-,21-. The number of hydrogen-bond acceptors (Lipinski definition) is 6. The highest BCUT2D eigenvalue weighted by Crippen LogP contribution is 2.30. The van der Waals surface area contributed by atoms with Gasteiger partial charge in [-0.1, -0.05) is 30.9 Å². The molecule has 1 aromatic heterocycles. The number of nitrogens with zero attached hydrogens (tertiary/aromatic N) is 3. The smallest absolute Gasteiger partial charge is 0.230 e. The van der Waals surface area contributed by atoms with Gasteiger partial charge in [0, 0.05) is 37.6 Å². The minimum atomic E-state index is 0.151. The SMILES string of the molecule is C=C/C=C\SCC(=O)N[C@H]1CC[C@H](CCN2CCN(c3nsc4ccccc34)CC2)CC1. The Morgan fingerprint density at radius 1 is 1.19 bits per heavy atom. The van der Waals surface area contributed by atoms with Gasteiger partial charge in [-0.2, -0.15) is 4.37 Å². The lowest BCUT2D eigenvalue weighted by atomic mass is 9.84. The van der Waals surface area contributed by atoms with E-state index in [9.17, 15) is 4.79 Å². The third kappa shape index (κ3) is 6.36. The van der Waals surface area contributed by atoms with Crippen LogP contribution >= 0.6 is 23.3 Å². The zero-order valence-corrected chi connectivity index (χ0v) is 20.4. The molecule has 1 aliphatic heterocycles. The van der Waals surface area contributed by atoms with Crippen LogP contribution in [0.25, 0.3) is 10.1 Å². The highest BCUT2D eigenvalue weighted by molar-refractivity contribution is 8.02. The van der Waals surface area contributed by atoms with Gasteiger partial charge in [-0.3, -0.25) is 9.69 Å². The lowest BCUT2D eigenvalue weighted by molar-refractivity contribution is -0.119. The van der Waals surface area contributed by atoms with Crippen LogP contribution in [0.1, 0.15) is 32.1 Å². The van der Waals surface area contributed by atoms with E-state index in [0.29, 0.717) is 11.8 Å². The average molecular weight is 471 g/mol. The normalized spacial score (nSPS) is 22.4. The number of nitrogens with one attached hydrogen (secondary N) is 1. The van der Waals surface area contributed by atoms with E-state index >= 15 is 0 Å². The van der Waals surface area contributed by atoms with Crippen LogP contribution in [0.4, 0.5) is 5.82 Å². The minimum absolute atomic E-state index is 0.151. The molecule has 7 heteroatoms. The van der Waals surface area contributed by atoms with E-state index in [2.05, 4.69) is 46.0 Å². The van der Waals surface area contributed by atoms with E-state index in [1.165, 1.54) is 53.5 Å². The van der Waals surface area contributed by atoms with Crippen molar-refractivity contribution in [3.8, 4) is 0 Å². The van der Waals surface area contributed by atoms with E-state index in [1.54, 1.807) is 17.6 Å². The molecule has 0 unspecified atom stereocenters. The van der Waals surface area contributed by atoms with Gasteiger partial charge in [0.2, 0.25) is 5.91 Å². The van der Waals surface area contributed by atoms with Crippen molar-refractivity contribution in [1.29, 1.82) is 0 Å². The molecule has 0 atom stereocenters. The van der Waals surface area contributed by atoms with Crippen LogP contribution in [-0.2, 0) is 4.79 Å². The monoisotopic (exact) mass is 470 g/mol. The zero-order valence-electron chi connectivity index (χ0n) is 18.7. The van der Waals surface area contributed by atoms with Gasteiger partial charge in [0.05, 0.1) is 10.5 Å². The largest absolute Gasteiger partial charge is 0.353 e. The van der Waals surface area contributed by atoms with Crippen molar-refractivity contribution < 1.29 is 4.79 Å². The molecule has 1 N–H and O–H groups in total. The fourth-order valence-electron chi connectivity index (χ4n) is 4.75. The summed E-state index contributed by atoms with van der Waals surface area (Å²) in [4.78, 5) is 17.1. The summed E-state index contributed by atoms with van der Waals surface area (Å²) in [5, 5.41) is 6.42. The van der Waals surface area contributed by atoms with Gasteiger partial charge >= 0.3 is 0 Å². The fourth-order valence-corrected chi connectivity index (χ4v) is 6.10. The number of thioether (sulfide) groups is 1. The lowest BCUT2D eigenvalue weighted by Crippen LogP contribution is -2.47. The first-order valence-corrected chi connectivity index (χ1v) is 13.6. The van der Waals surface area contributed by atoms with Gasteiger partial charge in [0.15, 0.2) is 0 Å². The topological polar surface area (TPSA) is 48.5 Å². The lowest BCUT2D eigenvalue weighted by Gasteiger charge is -2.36. The van der Waals surface area contributed by atoms with Crippen molar-refractivity contribution in [3.05, 3.63) is 48.4 Å². The van der Waals surface area contributed by atoms with E-state index in [-0.39, 0.29) is 5.91 Å². The molecule has 2 aliphatic rings. The Morgan fingerprint density at radius 3 is 2.75 bits per heavy atom. The molecule has 2 fully saturated rings. The van der Waals surface area contributed by atoms with E-state index in [0.717, 1.165) is 44.9 Å². The van der Waals surface area contributed by atoms with Gasteiger partial charge in [-0.05, 0) is 73.6 Å². The number of carbonyl (C=O) groups is 1. The number of allylic oxidation sites excluding steroid dienone is 2. The van der Waals surface area contributed by atoms with E-state index in [4.69, 9.17) is 4.37 Å². The second-order valence-electron chi connectivity index (χ2n) is 8.78. The number of hydrogen-bond donors (Lipinski definition) is 1. The van der Waals surface area contributed by atoms with Gasteiger partial charge in [0.25, 0.3) is 0 Å². The highest BCUT2D eigenvalue weighted by atomic mass is 32.2. The second-order valence-corrected chi connectivity index (χ2v) is 10.5. The molecule has 0 spiro atoms. The summed E-state index contributed by atoms with van der Waals surface area (Å²) < 4.78 is 6.00. The quantitative estimate of drug-likeness (QED) is 0.528. The molecule has 0 radical (unpaired) electrons. The molecule has 5 nitrogen and oxygen atoms in total. The van der Waals surface area contributed by atoms with Gasteiger partial charge in [0.1, 0.15) is 5.82 Å². The molecule has 1 aromatic carbocycles. The molecule has 32 heavy (non-hydrogen) atoms. The number of piperazine rings is 1. The molecule has 4 rings (SSSR count). The van der Waals surface area contributed by atoms with Crippen molar-refractivity contribution in [2.75, 3.05) is 43.4 Å². The van der Waals surface area contributed by atoms with Crippen LogP contribution in [0.5, 0.6) is 0 Å². The molecule has 0 bridgehead atoms. The van der Waals surface area contributed by atoms with Crippen molar-refractivity contribution in [2.45, 2.75) is 38.1 Å². The summed E-state index contributed by atoms with van der Waals surface area (Å²) in [6.45, 7) is 9.20. The average Bonchev–Trinajstić information content (AvgIpc) is 3.26. The number of aromatic nitrogens is 1. The van der Waals surface area contributed by atoms with Crippen molar-refractivity contribution >= 4 is 45.1 Å². The first kappa shape index (κ1) is 23.3. The van der Waals surface area contributed by atoms with Crippen LogP contribution in [0.3, 0.4) is 0 Å². The maximum Gasteiger partial charge on any atom is 0.230 e. The summed E-state index contributed by atoms with van der Waals surface area (Å²) in [5.41, 5.74) is 0. The number of benzene rings is 1. The summed E-state index contributed by atoms with van der Waals surface area (Å²) in [5.74, 6) is 2.61. The maximum absolute atomic E-state index is 12.1. The van der Waals surface area contributed by atoms with Gasteiger partial charge < -0.3 is 10.2 Å². The third-order valence-electron chi connectivity index (χ3n) is 6.62. The predicted molar refractivity (Wildman–Crippen MR) is 139 cm³/mol. The van der Waals surface area contributed by atoms with E-state index < -0.39 is 0 Å². The van der Waals surface area contributed by atoms with Crippen LogP contribution in [0, 0.1) is 5.92 Å². The minimum Gasteiger partial charge on any atom is -0.353 e. The number of fused-ring (bicyclic) bond motifs is 1. The Hall–Kier alpha value is -1.83. The second kappa shape index (κ2) is 11.9.